The van der Waals surface area contributed by atoms with Crippen molar-refractivity contribution >= 4 is 21.6 Å². The van der Waals surface area contributed by atoms with Crippen LogP contribution < -0.4 is 4.90 Å². The van der Waals surface area contributed by atoms with Crippen LogP contribution in [0.5, 0.6) is 0 Å². The maximum absolute atomic E-state index is 9.51. The van der Waals surface area contributed by atoms with Crippen molar-refractivity contribution in [3.05, 3.63) is 28.7 Å². The Morgan fingerprint density at radius 2 is 1.89 bits per heavy atom. The summed E-state index contributed by atoms with van der Waals surface area (Å²) in [7, 11) is 2.10. The SMILES string of the molecule is CC1CN(c2ccc(Br)cc2)CC(CO)N(C)C1. The summed E-state index contributed by atoms with van der Waals surface area (Å²) < 4.78 is 1.10. The molecule has 100 valence electrons. The van der Waals surface area contributed by atoms with Crippen LogP contribution in [0.15, 0.2) is 28.7 Å². The smallest absolute Gasteiger partial charge is 0.0604 e. The Bertz CT molecular complexity index is 382. The van der Waals surface area contributed by atoms with Crippen LogP contribution in [0.3, 0.4) is 0 Å². The molecule has 0 aliphatic carbocycles. The molecule has 0 radical (unpaired) electrons. The standard InChI is InChI=1S/C14H21BrN2O/c1-11-7-16(2)14(10-18)9-17(8-11)13-5-3-12(15)4-6-13/h3-6,11,14,18H,7-10H2,1-2H3. The fraction of sp³-hybridized carbons (Fsp3) is 0.571. The van der Waals surface area contributed by atoms with E-state index in [9.17, 15) is 5.11 Å². The topological polar surface area (TPSA) is 26.7 Å². The number of likely N-dealkylation sites (N-methyl/N-ethyl adjacent to an activating group) is 1. The summed E-state index contributed by atoms with van der Waals surface area (Å²) in [6.45, 7) is 5.46. The van der Waals surface area contributed by atoms with E-state index in [1.807, 2.05) is 0 Å². The maximum atomic E-state index is 9.51. The molecule has 1 N–H and O–H groups in total. The molecule has 1 aliphatic rings. The average molecular weight is 313 g/mol. The molecule has 3 nitrogen and oxygen atoms in total. The van der Waals surface area contributed by atoms with Gasteiger partial charge in [-0.1, -0.05) is 22.9 Å². The molecular formula is C14H21BrN2O. The highest BCUT2D eigenvalue weighted by molar-refractivity contribution is 9.10. The van der Waals surface area contributed by atoms with Crippen molar-refractivity contribution in [1.29, 1.82) is 0 Å². The van der Waals surface area contributed by atoms with Crippen LogP contribution in [0.1, 0.15) is 6.92 Å². The first-order valence-electron chi connectivity index (χ1n) is 6.41. The monoisotopic (exact) mass is 312 g/mol. The molecule has 0 aromatic heterocycles. The van der Waals surface area contributed by atoms with E-state index < -0.39 is 0 Å². The largest absolute Gasteiger partial charge is 0.395 e. The average Bonchev–Trinajstić information content (AvgIpc) is 2.48. The first-order valence-corrected chi connectivity index (χ1v) is 7.21. The Hall–Kier alpha value is -0.580. The maximum Gasteiger partial charge on any atom is 0.0604 e. The molecular weight excluding hydrogens is 292 g/mol. The van der Waals surface area contributed by atoms with Crippen LogP contribution in [0.4, 0.5) is 5.69 Å². The normalized spacial score (nSPS) is 26.1. The number of halogens is 1. The molecule has 1 fully saturated rings. The van der Waals surface area contributed by atoms with Gasteiger partial charge in [-0.05, 0) is 37.2 Å². The third kappa shape index (κ3) is 3.25. The lowest BCUT2D eigenvalue weighted by Crippen LogP contribution is -2.41. The second kappa shape index (κ2) is 6.04. The molecule has 2 unspecified atom stereocenters. The third-order valence-electron chi connectivity index (χ3n) is 3.59. The molecule has 4 heteroatoms. The number of benzene rings is 1. The van der Waals surface area contributed by atoms with Gasteiger partial charge in [0.1, 0.15) is 0 Å². The highest BCUT2D eigenvalue weighted by Gasteiger charge is 2.25. The van der Waals surface area contributed by atoms with Gasteiger partial charge in [-0.15, -0.1) is 0 Å². The zero-order valence-electron chi connectivity index (χ0n) is 11.0. The van der Waals surface area contributed by atoms with E-state index in [1.54, 1.807) is 0 Å². The van der Waals surface area contributed by atoms with Crippen molar-refractivity contribution in [2.24, 2.45) is 5.92 Å². The van der Waals surface area contributed by atoms with Crippen molar-refractivity contribution in [3.63, 3.8) is 0 Å². The first-order chi connectivity index (χ1) is 8.60. The van der Waals surface area contributed by atoms with Crippen LogP contribution >= 0.6 is 15.9 Å². The fourth-order valence-corrected chi connectivity index (χ4v) is 2.87. The van der Waals surface area contributed by atoms with Gasteiger partial charge in [0.2, 0.25) is 0 Å². The molecule has 0 bridgehead atoms. The minimum Gasteiger partial charge on any atom is -0.395 e. The summed E-state index contributed by atoms with van der Waals surface area (Å²) in [6, 6.07) is 8.64. The fourth-order valence-electron chi connectivity index (χ4n) is 2.60. The predicted octanol–water partition coefficient (Wildman–Crippen LogP) is 2.20. The first kappa shape index (κ1) is 13.8. The number of anilines is 1. The van der Waals surface area contributed by atoms with E-state index in [2.05, 4.69) is 64.0 Å². The second-order valence-electron chi connectivity index (χ2n) is 5.26. The Balaban J connectivity index is 2.18. The molecule has 2 atom stereocenters. The Morgan fingerprint density at radius 3 is 2.50 bits per heavy atom. The van der Waals surface area contributed by atoms with Crippen molar-refractivity contribution < 1.29 is 5.11 Å². The lowest BCUT2D eigenvalue weighted by Gasteiger charge is -2.28. The van der Waals surface area contributed by atoms with Crippen LogP contribution in [-0.4, -0.2) is 49.3 Å². The second-order valence-corrected chi connectivity index (χ2v) is 6.18. The van der Waals surface area contributed by atoms with Gasteiger partial charge in [-0.2, -0.15) is 0 Å². The summed E-state index contributed by atoms with van der Waals surface area (Å²) in [6.07, 6.45) is 0. The molecule has 1 aromatic carbocycles. The molecule has 2 rings (SSSR count). The van der Waals surface area contributed by atoms with Gasteiger partial charge in [0.15, 0.2) is 0 Å². The van der Waals surface area contributed by atoms with Gasteiger partial charge >= 0.3 is 0 Å². The molecule has 18 heavy (non-hydrogen) atoms. The van der Waals surface area contributed by atoms with E-state index in [-0.39, 0.29) is 12.6 Å². The molecule has 0 saturated carbocycles. The number of aliphatic hydroxyl groups is 1. The lowest BCUT2D eigenvalue weighted by molar-refractivity contribution is 0.151. The molecule has 1 aliphatic heterocycles. The van der Waals surface area contributed by atoms with Crippen LogP contribution in [-0.2, 0) is 0 Å². The third-order valence-corrected chi connectivity index (χ3v) is 4.12. The van der Waals surface area contributed by atoms with Gasteiger partial charge in [0.25, 0.3) is 0 Å². The number of hydrogen-bond acceptors (Lipinski definition) is 3. The van der Waals surface area contributed by atoms with E-state index in [0.717, 1.165) is 24.1 Å². The quantitative estimate of drug-likeness (QED) is 0.907. The van der Waals surface area contributed by atoms with E-state index in [1.165, 1.54) is 5.69 Å². The van der Waals surface area contributed by atoms with Gasteiger partial charge < -0.3 is 10.0 Å². The van der Waals surface area contributed by atoms with Crippen molar-refractivity contribution in [3.8, 4) is 0 Å². The van der Waals surface area contributed by atoms with E-state index in [0.29, 0.717) is 5.92 Å². The molecule has 0 amide bonds. The molecule has 1 heterocycles. The van der Waals surface area contributed by atoms with Crippen molar-refractivity contribution in [1.82, 2.24) is 4.90 Å². The van der Waals surface area contributed by atoms with Crippen LogP contribution in [0.25, 0.3) is 0 Å². The Morgan fingerprint density at radius 1 is 1.22 bits per heavy atom. The van der Waals surface area contributed by atoms with Crippen molar-refractivity contribution in [2.45, 2.75) is 13.0 Å². The Kier molecular flexibility index (Phi) is 4.65. The minimum atomic E-state index is 0.219. The van der Waals surface area contributed by atoms with Crippen LogP contribution in [0, 0.1) is 5.92 Å². The zero-order chi connectivity index (χ0) is 13.1. The van der Waals surface area contributed by atoms with E-state index in [4.69, 9.17) is 0 Å². The Labute approximate surface area is 118 Å². The number of nitrogens with zero attached hydrogens (tertiary/aromatic N) is 2. The summed E-state index contributed by atoms with van der Waals surface area (Å²) >= 11 is 3.47. The van der Waals surface area contributed by atoms with E-state index >= 15 is 0 Å². The zero-order valence-corrected chi connectivity index (χ0v) is 12.6. The van der Waals surface area contributed by atoms with Gasteiger partial charge in [-0.25, -0.2) is 0 Å². The summed E-state index contributed by atoms with van der Waals surface area (Å²) in [5, 5.41) is 9.51. The number of aliphatic hydroxyl groups excluding tert-OH is 1. The summed E-state index contributed by atoms with van der Waals surface area (Å²) in [5.41, 5.74) is 1.24. The summed E-state index contributed by atoms with van der Waals surface area (Å²) in [4.78, 5) is 4.64. The molecule has 1 saturated heterocycles. The van der Waals surface area contributed by atoms with Gasteiger partial charge in [0, 0.05) is 35.8 Å². The minimum absolute atomic E-state index is 0.219. The summed E-state index contributed by atoms with van der Waals surface area (Å²) in [5.74, 6) is 0.607. The van der Waals surface area contributed by atoms with Crippen molar-refractivity contribution in [2.75, 3.05) is 38.2 Å². The van der Waals surface area contributed by atoms with Gasteiger partial charge in [-0.3, -0.25) is 4.90 Å². The predicted molar refractivity (Wildman–Crippen MR) is 79.0 cm³/mol. The number of hydrogen-bond donors (Lipinski definition) is 1. The lowest BCUT2D eigenvalue weighted by atomic mass is 10.1. The highest BCUT2D eigenvalue weighted by atomic mass is 79.9. The molecule has 1 aromatic rings. The highest BCUT2D eigenvalue weighted by Crippen LogP contribution is 2.22. The van der Waals surface area contributed by atoms with Gasteiger partial charge in [0.05, 0.1) is 6.61 Å². The van der Waals surface area contributed by atoms with Crippen LogP contribution in [0.2, 0.25) is 0 Å². The molecule has 0 spiro atoms. The number of rotatable bonds is 2.